The number of hydrogen-bond donors (Lipinski definition) is 0. The van der Waals surface area contributed by atoms with Crippen molar-refractivity contribution in [3.05, 3.63) is 65.0 Å². The third-order valence-corrected chi connectivity index (χ3v) is 3.20. The lowest BCUT2D eigenvalue weighted by molar-refractivity contribution is -0.137. The number of pyridine rings is 1. The number of nitrogens with zero attached hydrogens (tertiary/aromatic N) is 1. The number of alkyl halides is 3. The van der Waals surface area contributed by atoms with E-state index in [1.54, 1.807) is 12.3 Å². The Kier molecular flexibility index (Phi) is 4.40. The Morgan fingerprint density at radius 1 is 1.24 bits per heavy atom. The van der Waals surface area contributed by atoms with Gasteiger partial charge in [-0.1, -0.05) is 25.1 Å². The summed E-state index contributed by atoms with van der Waals surface area (Å²) in [6, 6.07) is 6.47. The molecule has 0 aliphatic rings. The molecule has 2 nitrogen and oxygen atoms in total. The summed E-state index contributed by atoms with van der Waals surface area (Å²) in [4.78, 5) is 16.2. The van der Waals surface area contributed by atoms with Gasteiger partial charge >= 0.3 is 6.18 Å². The Balaban J connectivity index is 2.24. The summed E-state index contributed by atoms with van der Waals surface area (Å²) in [5, 5.41) is 0. The van der Waals surface area contributed by atoms with E-state index >= 15 is 0 Å². The van der Waals surface area contributed by atoms with Gasteiger partial charge in [0.2, 0.25) is 0 Å². The van der Waals surface area contributed by atoms with Gasteiger partial charge < -0.3 is 0 Å². The predicted octanol–water partition coefficient (Wildman–Crippen LogP) is 4.09. The fourth-order valence-corrected chi connectivity index (χ4v) is 2.12. The standard InChI is InChI=1S/C16H14F3NO/c1-2-12-10-20-7-6-14(12)15(21)9-11-4-3-5-13(8-11)16(17,18)19/h3-8,10H,2,9H2,1H3. The van der Waals surface area contributed by atoms with Gasteiger partial charge in [0.1, 0.15) is 0 Å². The zero-order chi connectivity index (χ0) is 15.5. The van der Waals surface area contributed by atoms with E-state index < -0.39 is 11.7 Å². The topological polar surface area (TPSA) is 30.0 Å². The Morgan fingerprint density at radius 3 is 2.67 bits per heavy atom. The molecule has 0 aliphatic heterocycles. The van der Waals surface area contributed by atoms with E-state index in [1.165, 1.54) is 18.3 Å². The molecule has 5 heteroatoms. The van der Waals surface area contributed by atoms with E-state index in [2.05, 4.69) is 4.98 Å². The average Bonchev–Trinajstić information content (AvgIpc) is 2.46. The van der Waals surface area contributed by atoms with Gasteiger partial charge in [-0.3, -0.25) is 9.78 Å². The van der Waals surface area contributed by atoms with Crippen LogP contribution in [0, 0.1) is 0 Å². The second kappa shape index (κ2) is 6.08. The first-order valence-electron chi connectivity index (χ1n) is 6.54. The van der Waals surface area contributed by atoms with Crippen molar-refractivity contribution in [1.29, 1.82) is 0 Å². The molecule has 1 aromatic heterocycles. The van der Waals surface area contributed by atoms with Crippen LogP contribution in [-0.4, -0.2) is 10.8 Å². The molecule has 1 heterocycles. The monoisotopic (exact) mass is 293 g/mol. The number of aryl methyl sites for hydroxylation is 1. The summed E-state index contributed by atoms with van der Waals surface area (Å²) >= 11 is 0. The van der Waals surface area contributed by atoms with Crippen LogP contribution in [0.1, 0.15) is 34.0 Å². The van der Waals surface area contributed by atoms with Gasteiger partial charge in [-0.15, -0.1) is 0 Å². The van der Waals surface area contributed by atoms with E-state index in [4.69, 9.17) is 0 Å². The SMILES string of the molecule is CCc1cnccc1C(=O)Cc1cccc(C(F)(F)F)c1. The van der Waals surface area contributed by atoms with Crippen molar-refractivity contribution in [2.75, 3.05) is 0 Å². The molecule has 1 aromatic carbocycles. The van der Waals surface area contributed by atoms with Gasteiger partial charge in [-0.05, 0) is 29.7 Å². The summed E-state index contributed by atoms with van der Waals surface area (Å²) in [7, 11) is 0. The van der Waals surface area contributed by atoms with Crippen LogP contribution >= 0.6 is 0 Å². The van der Waals surface area contributed by atoms with E-state index in [9.17, 15) is 18.0 Å². The summed E-state index contributed by atoms with van der Waals surface area (Å²) in [5.41, 5.74) is 0.936. The molecule has 2 aromatic rings. The zero-order valence-electron chi connectivity index (χ0n) is 11.4. The minimum atomic E-state index is -4.40. The molecule has 0 spiro atoms. The summed E-state index contributed by atoms with van der Waals surface area (Å²) < 4.78 is 38.0. The number of ketones is 1. The minimum Gasteiger partial charge on any atom is -0.294 e. The van der Waals surface area contributed by atoms with Crippen molar-refractivity contribution in [3.63, 3.8) is 0 Å². The third-order valence-electron chi connectivity index (χ3n) is 3.20. The van der Waals surface area contributed by atoms with E-state index in [1.807, 2.05) is 6.92 Å². The highest BCUT2D eigenvalue weighted by Crippen LogP contribution is 2.29. The summed E-state index contributed by atoms with van der Waals surface area (Å²) in [6.07, 6.45) is -0.680. The van der Waals surface area contributed by atoms with E-state index in [0.717, 1.165) is 17.7 Å². The highest BCUT2D eigenvalue weighted by Gasteiger charge is 2.30. The molecule has 0 unspecified atom stereocenters. The maximum absolute atomic E-state index is 12.7. The Hall–Kier alpha value is -2.17. The van der Waals surface area contributed by atoms with Crippen molar-refractivity contribution in [2.24, 2.45) is 0 Å². The second-order valence-corrected chi connectivity index (χ2v) is 4.68. The lowest BCUT2D eigenvalue weighted by Gasteiger charge is -2.09. The maximum Gasteiger partial charge on any atom is 0.416 e. The van der Waals surface area contributed by atoms with Crippen LogP contribution < -0.4 is 0 Å². The normalized spacial score (nSPS) is 11.4. The van der Waals surface area contributed by atoms with Crippen molar-refractivity contribution in [1.82, 2.24) is 4.98 Å². The van der Waals surface area contributed by atoms with Gasteiger partial charge in [-0.25, -0.2) is 0 Å². The molecule has 0 N–H and O–H groups in total. The third kappa shape index (κ3) is 3.68. The number of rotatable bonds is 4. The second-order valence-electron chi connectivity index (χ2n) is 4.68. The molecule has 0 saturated heterocycles. The molecule has 2 rings (SSSR count). The minimum absolute atomic E-state index is 0.0546. The smallest absolute Gasteiger partial charge is 0.294 e. The number of aromatic nitrogens is 1. The molecule has 110 valence electrons. The predicted molar refractivity (Wildman–Crippen MR) is 73.1 cm³/mol. The number of Topliss-reactive ketones (excluding diaryl/α,β-unsaturated/α-hetero) is 1. The van der Waals surface area contributed by atoms with Gasteiger partial charge in [0.25, 0.3) is 0 Å². The van der Waals surface area contributed by atoms with Gasteiger partial charge in [0.05, 0.1) is 5.56 Å². The van der Waals surface area contributed by atoms with Crippen molar-refractivity contribution >= 4 is 5.78 Å². The average molecular weight is 293 g/mol. The Morgan fingerprint density at radius 2 is 2.00 bits per heavy atom. The van der Waals surface area contributed by atoms with Crippen molar-refractivity contribution in [3.8, 4) is 0 Å². The Bertz CT molecular complexity index is 650. The highest BCUT2D eigenvalue weighted by molar-refractivity contribution is 5.98. The summed E-state index contributed by atoms with van der Waals surface area (Å²) in [6.45, 7) is 1.90. The maximum atomic E-state index is 12.7. The van der Waals surface area contributed by atoms with Crippen LogP contribution in [-0.2, 0) is 19.0 Å². The summed E-state index contributed by atoms with van der Waals surface area (Å²) in [5.74, 6) is -0.200. The fraction of sp³-hybridized carbons (Fsp3) is 0.250. The molecule has 0 atom stereocenters. The Labute approximate surface area is 120 Å². The molecule has 0 bridgehead atoms. The first-order valence-corrected chi connectivity index (χ1v) is 6.54. The first kappa shape index (κ1) is 15.2. The molecular formula is C16H14F3NO. The van der Waals surface area contributed by atoms with Crippen molar-refractivity contribution < 1.29 is 18.0 Å². The number of benzene rings is 1. The molecule has 0 saturated carbocycles. The van der Waals surface area contributed by atoms with Crippen molar-refractivity contribution in [2.45, 2.75) is 25.9 Å². The molecule has 0 aliphatic carbocycles. The van der Waals surface area contributed by atoms with Gasteiger partial charge in [-0.2, -0.15) is 13.2 Å². The lowest BCUT2D eigenvalue weighted by atomic mass is 9.98. The number of halogens is 3. The van der Waals surface area contributed by atoms with E-state index in [0.29, 0.717) is 17.5 Å². The molecule has 0 amide bonds. The van der Waals surface area contributed by atoms with E-state index in [-0.39, 0.29) is 12.2 Å². The van der Waals surface area contributed by atoms with Crippen LogP contribution in [0.15, 0.2) is 42.7 Å². The van der Waals surface area contributed by atoms with Crippen LogP contribution in [0.25, 0.3) is 0 Å². The number of carbonyl (C=O) groups excluding carboxylic acids is 1. The van der Waals surface area contributed by atoms with Gasteiger partial charge in [0, 0.05) is 24.4 Å². The van der Waals surface area contributed by atoms with Crippen LogP contribution in [0.3, 0.4) is 0 Å². The zero-order valence-corrected chi connectivity index (χ0v) is 11.4. The number of hydrogen-bond acceptors (Lipinski definition) is 2. The van der Waals surface area contributed by atoms with Crippen LogP contribution in [0.2, 0.25) is 0 Å². The largest absolute Gasteiger partial charge is 0.416 e. The molecule has 21 heavy (non-hydrogen) atoms. The first-order chi connectivity index (χ1) is 9.91. The molecular weight excluding hydrogens is 279 g/mol. The highest BCUT2D eigenvalue weighted by atomic mass is 19.4. The lowest BCUT2D eigenvalue weighted by Crippen LogP contribution is -2.09. The van der Waals surface area contributed by atoms with Gasteiger partial charge in [0.15, 0.2) is 5.78 Å². The quantitative estimate of drug-likeness (QED) is 0.795. The number of carbonyl (C=O) groups is 1. The molecule has 0 fully saturated rings. The molecule has 0 radical (unpaired) electrons. The van der Waals surface area contributed by atoms with Crippen LogP contribution in [0.5, 0.6) is 0 Å². The van der Waals surface area contributed by atoms with Crippen LogP contribution in [0.4, 0.5) is 13.2 Å². The fourth-order valence-electron chi connectivity index (χ4n) is 2.12.